The van der Waals surface area contributed by atoms with Crippen LogP contribution in [0.15, 0.2) is 56.8 Å². The van der Waals surface area contributed by atoms with Crippen molar-refractivity contribution >= 4 is 52.0 Å². The van der Waals surface area contributed by atoms with Gasteiger partial charge in [0, 0.05) is 27.7 Å². The molecular formula is C25H17N3O5S. The standard InChI is InChI=1S/C25H17N3O5S/c29-24(20-10-13-4-1-2-7-18(13)32-20)27-17-12-34-23(21(17)25(30)31)19-11-14-5-3-6-15(22(14)33-19)16-8-9-26-28-16/h3-12H,1-2H2,(H,26,28)(H,27,29)(H,30,31). The third-order valence-electron chi connectivity index (χ3n) is 5.67. The number of fused-ring (bicyclic) bond motifs is 2. The highest BCUT2D eigenvalue weighted by atomic mass is 32.1. The van der Waals surface area contributed by atoms with Crippen LogP contribution >= 0.6 is 11.3 Å². The summed E-state index contributed by atoms with van der Waals surface area (Å²) in [6.45, 7) is 0. The maximum atomic E-state index is 12.8. The van der Waals surface area contributed by atoms with Gasteiger partial charge in [-0.1, -0.05) is 18.2 Å². The van der Waals surface area contributed by atoms with E-state index in [0.29, 0.717) is 21.6 Å². The highest BCUT2D eigenvalue weighted by Crippen LogP contribution is 2.40. The molecule has 4 heterocycles. The van der Waals surface area contributed by atoms with Crippen LogP contribution in [0.3, 0.4) is 0 Å². The van der Waals surface area contributed by atoms with Gasteiger partial charge in [-0.15, -0.1) is 11.3 Å². The molecule has 0 saturated heterocycles. The quantitative estimate of drug-likeness (QED) is 0.348. The number of thiophene rings is 1. The predicted molar refractivity (Wildman–Crippen MR) is 128 cm³/mol. The second kappa shape index (κ2) is 7.89. The molecule has 0 aliphatic heterocycles. The number of carboxylic acid groups (broad SMARTS) is 1. The molecule has 3 N–H and O–H groups in total. The molecule has 6 rings (SSSR count). The topological polar surface area (TPSA) is 121 Å². The lowest BCUT2D eigenvalue weighted by Crippen LogP contribution is -2.21. The molecule has 5 aromatic rings. The van der Waals surface area contributed by atoms with Gasteiger partial charge < -0.3 is 19.3 Å². The summed E-state index contributed by atoms with van der Waals surface area (Å²) >= 11 is 1.19. The van der Waals surface area contributed by atoms with Crippen LogP contribution in [0, 0.1) is 0 Å². The van der Waals surface area contributed by atoms with Crippen LogP contribution in [0.5, 0.6) is 0 Å². The summed E-state index contributed by atoms with van der Waals surface area (Å²) in [6, 6.07) is 11.0. The Bertz CT molecular complexity index is 1650. The summed E-state index contributed by atoms with van der Waals surface area (Å²) in [5.41, 5.74) is 2.94. The Morgan fingerprint density at radius 3 is 2.79 bits per heavy atom. The number of anilines is 1. The first kappa shape index (κ1) is 20.3. The van der Waals surface area contributed by atoms with E-state index >= 15 is 0 Å². The predicted octanol–water partition coefficient (Wildman–Crippen LogP) is 4.45. The number of furan rings is 2. The summed E-state index contributed by atoms with van der Waals surface area (Å²) < 4.78 is 11.8. The molecule has 4 aromatic heterocycles. The van der Waals surface area contributed by atoms with Gasteiger partial charge in [0.2, 0.25) is 0 Å². The molecule has 1 aromatic carbocycles. The number of aromatic nitrogens is 2. The molecule has 0 fully saturated rings. The lowest BCUT2D eigenvalue weighted by molar-refractivity contribution is 0.0699. The van der Waals surface area contributed by atoms with Gasteiger partial charge in [-0.05, 0) is 43.2 Å². The first-order valence-electron chi connectivity index (χ1n) is 10.6. The number of benzene rings is 1. The van der Waals surface area contributed by atoms with Crippen molar-refractivity contribution in [3.05, 3.63) is 69.9 Å². The minimum atomic E-state index is -1.17. The third kappa shape index (κ3) is 3.34. The molecule has 168 valence electrons. The van der Waals surface area contributed by atoms with Gasteiger partial charge in [-0.2, -0.15) is 5.10 Å². The number of aromatic amines is 1. The fraction of sp³-hybridized carbons (Fsp3) is 0.0800. The number of hydrogen-bond donors (Lipinski definition) is 3. The minimum absolute atomic E-state index is 0.0341. The van der Waals surface area contributed by atoms with Crippen molar-refractivity contribution in [2.75, 3.05) is 5.32 Å². The van der Waals surface area contributed by atoms with Crippen LogP contribution in [-0.2, 0) is 0 Å². The summed E-state index contributed by atoms with van der Waals surface area (Å²) in [4.78, 5) is 25.4. The molecule has 1 aliphatic carbocycles. The highest BCUT2D eigenvalue weighted by Gasteiger charge is 2.25. The second-order valence-electron chi connectivity index (χ2n) is 7.82. The number of carboxylic acids is 1. The third-order valence-corrected chi connectivity index (χ3v) is 6.67. The van der Waals surface area contributed by atoms with E-state index in [9.17, 15) is 14.7 Å². The van der Waals surface area contributed by atoms with Crippen LogP contribution in [0.1, 0.15) is 33.8 Å². The number of amides is 1. The lowest BCUT2D eigenvalue weighted by Gasteiger charge is -2.03. The Hall–Kier alpha value is -4.37. The van der Waals surface area contributed by atoms with Gasteiger partial charge in [-0.3, -0.25) is 9.89 Å². The number of nitrogens with one attached hydrogen (secondary N) is 2. The number of H-pyrrole nitrogens is 1. The average molecular weight is 471 g/mol. The van der Waals surface area contributed by atoms with Crippen LogP contribution in [0.2, 0.25) is 0 Å². The zero-order chi connectivity index (χ0) is 23.2. The Morgan fingerprint density at radius 1 is 1.12 bits per heavy atom. The van der Waals surface area contributed by atoms with Gasteiger partial charge in [0.25, 0.3) is 5.91 Å². The molecule has 0 radical (unpaired) electrons. The van der Waals surface area contributed by atoms with E-state index in [0.717, 1.165) is 34.7 Å². The van der Waals surface area contributed by atoms with Gasteiger partial charge in [0.1, 0.15) is 22.3 Å². The Kier molecular flexibility index (Phi) is 4.70. The SMILES string of the molecule is O=C(Nc1csc(-c2cc3cccc(-c4cc[nH]n4)c3o2)c1C(=O)O)c1cc2c(o1)=CCCC=2. The summed E-state index contributed by atoms with van der Waals surface area (Å²) in [6.07, 6.45) is 7.43. The van der Waals surface area contributed by atoms with Crippen molar-refractivity contribution in [2.24, 2.45) is 0 Å². The van der Waals surface area contributed by atoms with Crippen LogP contribution in [0.25, 0.3) is 45.0 Å². The maximum absolute atomic E-state index is 12.8. The van der Waals surface area contributed by atoms with Crippen LogP contribution < -0.4 is 16.0 Å². The number of carbonyl (C=O) groups excluding carboxylic acids is 1. The van der Waals surface area contributed by atoms with E-state index in [4.69, 9.17) is 8.83 Å². The number of nitrogens with zero attached hydrogens (tertiary/aromatic N) is 1. The lowest BCUT2D eigenvalue weighted by atomic mass is 10.1. The van der Waals surface area contributed by atoms with E-state index in [1.54, 1.807) is 23.7 Å². The number of rotatable bonds is 5. The molecule has 1 amide bonds. The molecule has 34 heavy (non-hydrogen) atoms. The largest absolute Gasteiger partial charge is 0.478 e. The number of para-hydroxylation sites is 1. The first-order chi connectivity index (χ1) is 16.6. The van der Waals surface area contributed by atoms with E-state index in [1.807, 2.05) is 36.4 Å². The molecule has 0 unspecified atom stereocenters. The van der Waals surface area contributed by atoms with Crippen molar-refractivity contribution in [3.63, 3.8) is 0 Å². The highest BCUT2D eigenvalue weighted by molar-refractivity contribution is 7.14. The molecule has 0 atom stereocenters. The van der Waals surface area contributed by atoms with Gasteiger partial charge in [-0.25, -0.2) is 4.79 Å². The first-order valence-corrected chi connectivity index (χ1v) is 11.5. The summed E-state index contributed by atoms with van der Waals surface area (Å²) in [7, 11) is 0. The van der Waals surface area contributed by atoms with Gasteiger partial charge in [0.15, 0.2) is 5.76 Å². The van der Waals surface area contributed by atoms with Crippen molar-refractivity contribution < 1.29 is 23.5 Å². The zero-order valence-electron chi connectivity index (χ0n) is 17.6. The fourth-order valence-electron chi connectivity index (χ4n) is 4.12. The average Bonchev–Trinajstić information content (AvgIpc) is 3.63. The van der Waals surface area contributed by atoms with Crippen molar-refractivity contribution in [1.82, 2.24) is 10.2 Å². The molecule has 8 nitrogen and oxygen atoms in total. The smallest absolute Gasteiger partial charge is 0.339 e. The van der Waals surface area contributed by atoms with Crippen molar-refractivity contribution in [1.29, 1.82) is 0 Å². The number of aromatic carboxylic acids is 1. The summed E-state index contributed by atoms with van der Waals surface area (Å²) in [5.74, 6) is -1.14. The Morgan fingerprint density at radius 2 is 2.00 bits per heavy atom. The van der Waals surface area contributed by atoms with E-state index in [2.05, 4.69) is 15.5 Å². The van der Waals surface area contributed by atoms with Crippen molar-refractivity contribution in [2.45, 2.75) is 12.8 Å². The van der Waals surface area contributed by atoms with E-state index in [-0.39, 0.29) is 17.0 Å². The zero-order valence-corrected chi connectivity index (χ0v) is 18.4. The number of carbonyl (C=O) groups is 2. The van der Waals surface area contributed by atoms with E-state index in [1.165, 1.54) is 11.3 Å². The van der Waals surface area contributed by atoms with E-state index < -0.39 is 11.9 Å². The molecule has 9 heteroatoms. The molecule has 0 saturated carbocycles. The van der Waals surface area contributed by atoms with Crippen LogP contribution in [-0.4, -0.2) is 27.2 Å². The fourth-order valence-corrected chi connectivity index (χ4v) is 5.06. The monoisotopic (exact) mass is 471 g/mol. The van der Waals surface area contributed by atoms with Gasteiger partial charge >= 0.3 is 5.97 Å². The normalized spacial score (nSPS) is 12.7. The van der Waals surface area contributed by atoms with Crippen LogP contribution in [0.4, 0.5) is 5.69 Å². The van der Waals surface area contributed by atoms with Gasteiger partial charge in [0.05, 0.1) is 16.3 Å². The number of hydrogen-bond acceptors (Lipinski definition) is 6. The molecule has 0 bridgehead atoms. The minimum Gasteiger partial charge on any atom is -0.478 e. The van der Waals surface area contributed by atoms with Crippen molar-refractivity contribution in [3.8, 4) is 21.9 Å². The molecule has 1 aliphatic rings. The maximum Gasteiger partial charge on any atom is 0.339 e. The molecular weight excluding hydrogens is 454 g/mol. The Labute approximate surface area is 195 Å². The second-order valence-corrected chi connectivity index (χ2v) is 8.70. The Balaban J connectivity index is 1.39. The molecule has 0 spiro atoms. The summed E-state index contributed by atoms with van der Waals surface area (Å²) in [5, 5.41) is 22.9.